The Morgan fingerprint density at radius 1 is 1.35 bits per heavy atom. The van der Waals surface area contributed by atoms with Gasteiger partial charge in [-0.25, -0.2) is 0 Å². The van der Waals surface area contributed by atoms with Crippen LogP contribution in [0.2, 0.25) is 5.22 Å². The fourth-order valence-corrected chi connectivity index (χ4v) is 2.80. The van der Waals surface area contributed by atoms with Crippen LogP contribution in [0.3, 0.4) is 0 Å². The second-order valence-electron chi connectivity index (χ2n) is 5.61. The number of hydrogen-bond donors (Lipinski definition) is 0. The van der Waals surface area contributed by atoms with E-state index >= 15 is 0 Å². The third-order valence-corrected chi connectivity index (χ3v) is 4.27. The Balaban J connectivity index is 1.77. The van der Waals surface area contributed by atoms with E-state index in [1.165, 1.54) is 24.1 Å². The van der Waals surface area contributed by atoms with Crippen LogP contribution in [0.25, 0.3) is 0 Å². The van der Waals surface area contributed by atoms with Gasteiger partial charge >= 0.3 is 0 Å². The summed E-state index contributed by atoms with van der Waals surface area (Å²) >= 11 is 5.85. The molecule has 20 heavy (non-hydrogen) atoms. The molecule has 0 aliphatic heterocycles. The first kappa shape index (κ1) is 13.7. The maximum atomic E-state index is 5.85. The average molecular weight is 294 g/mol. The molecule has 0 unspecified atom stereocenters. The summed E-state index contributed by atoms with van der Waals surface area (Å²) in [5.41, 5.74) is 3.69. The van der Waals surface area contributed by atoms with E-state index in [4.69, 9.17) is 16.0 Å². The molecule has 0 spiro atoms. The third kappa shape index (κ3) is 2.76. The Hall–Kier alpha value is -1.26. The quantitative estimate of drug-likeness (QED) is 0.847. The average Bonchev–Trinajstić information content (AvgIpc) is 3.12. The largest absolute Gasteiger partial charge is 0.448 e. The Morgan fingerprint density at radius 2 is 2.10 bits per heavy atom. The van der Waals surface area contributed by atoms with E-state index in [0.29, 0.717) is 11.3 Å². The van der Waals surface area contributed by atoms with E-state index in [1.807, 2.05) is 23.9 Å². The van der Waals surface area contributed by atoms with Crippen LogP contribution in [-0.4, -0.2) is 20.7 Å². The Morgan fingerprint density at radius 3 is 2.60 bits per heavy atom. The van der Waals surface area contributed by atoms with E-state index in [1.54, 1.807) is 0 Å². The molecule has 5 heteroatoms. The molecule has 3 rings (SSSR count). The summed E-state index contributed by atoms with van der Waals surface area (Å²) < 4.78 is 7.46. The minimum atomic E-state index is 0.462. The van der Waals surface area contributed by atoms with Crippen LogP contribution in [0.15, 0.2) is 16.5 Å². The summed E-state index contributed by atoms with van der Waals surface area (Å²) in [6.45, 7) is 5.95. The molecule has 0 saturated heterocycles. The Labute approximate surface area is 124 Å². The van der Waals surface area contributed by atoms with Crippen LogP contribution in [-0.2, 0) is 20.1 Å². The third-order valence-electron chi connectivity index (χ3n) is 4.07. The molecule has 0 bridgehead atoms. The second kappa shape index (κ2) is 5.26. The zero-order valence-corrected chi connectivity index (χ0v) is 12.9. The zero-order chi connectivity index (χ0) is 14.3. The van der Waals surface area contributed by atoms with Gasteiger partial charge in [-0.2, -0.15) is 5.10 Å². The van der Waals surface area contributed by atoms with Crippen LogP contribution in [0.5, 0.6) is 0 Å². The topological polar surface area (TPSA) is 34.2 Å². The minimum absolute atomic E-state index is 0.462. The molecular weight excluding hydrogens is 274 g/mol. The van der Waals surface area contributed by atoms with Crippen molar-refractivity contribution < 1.29 is 4.42 Å². The SMILES string of the molecule is Cc1nn(C)c(C)c1CN(Cc1ccc(Cl)o1)C1CC1. The van der Waals surface area contributed by atoms with Crippen LogP contribution in [0.4, 0.5) is 0 Å². The lowest BCUT2D eigenvalue weighted by molar-refractivity contribution is 0.224. The van der Waals surface area contributed by atoms with Gasteiger partial charge in [0.1, 0.15) is 5.76 Å². The molecular formula is C15H20ClN3O. The molecule has 4 nitrogen and oxygen atoms in total. The lowest BCUT2D eigenvalue weighted by Crippen LogP contribution is -2.25. The highest BCUT2D eigenvalue weighted by Gasteiger charge is 2.30. The highest BCUT2D eigenvalue weighted by Crippen LogP contribution is 2.31. The number of aromatic nitrogens is 2. The van der Waals surface area contributed by atoms with Crippen LogP contribution in [0, 0.1) is 13.8 Å². The van der Waals surface area contributed by atoms with E-state index < -0.39 is 0 Å². The van der Waals surface area contributed by atoms with Crippen molar-refractivity contribution in [2.24, 2.45) is 7.05 Å². The van der Waals surface area contributed by atoms with Crippen LogP contribution in [0.1, 0.15) is 35.6 Å². The Kier molecular flexibility index (Phi) is 3.61. The molecule has 1 saturated carbocycles. The fraction of sp³-hybridized carbons (Fsp3) is 0.533. The van der Waals surface area contributed by atoms with Crippen molar-refractivity contribution in [3.8, 4) is 0 Å². The maximum absolute atomic E-state index is 5.85. The van der Waals surface area contributed by atoms with Gasteiger partial charge in [-0.3, -0.25) is 9.58 Å². The maximum Gasteiger partial charge on any atom is 0.193 e. The molecule has 0 N–H and O–H groups in total. The molecule has 0 atom stereocenters. The molecule has 0 aromatic carbocycles. The summed E-state index contributed by atoms with van der Waals surface area (Å²) in [5, 5.41) is 4.96. The summed E-state index contributed by atoms with van der Waals surface area (Å²) in [4.78, 5) is 2.46. The standard InChI is InChI=1S/C15H20ClN3O/c1-10-14(11(2)18(3)17-10)9-19(12-4-5-12)8-13-6-7-15(16)20-13/h6-7,12H,4-5,8-9H2,1-3H3. The number of furan rings is 1. The van der Waals surface area contributed by atoms with Gasteiger partial charge in [0, 0.05) is 30.9 Å². The van der Waals surface area contributed by atoms with Gasteiger partial charge in [-0.15, -0.1) is 0 Å². The second-order valence-corrected chi connectivity index (χ2v) is 5.99. The number of nitrogens with zero attached hydrogens (tertiary/aromatic N) is 3. The zero-order valence-electron chi connectivity index (χ0n) is 12.2. The van der Waals surface area contributed by atoms with Gasteiger partial charge in [0.15, 0.2) is 5.22 Å². The molecule has 2 aromatic heterocycles. The monoisotopic (exact) mass is 293 g/mol. The summed E-state index contributed by atoms with van der Waals surface area (Å²) in [6, 6.07) is 4.43. The van der Waals surface area contributed by atoms with E-state index in [2.05, 4.69) is 23.8 Å². The summed E-state index contributed by atoms with van der Waals surface area (Å²) in [5.74, 6) is 0.932. The van der Waals surface area contributed by atoms with E-state index in [9.17, 15) is 0 Å². The first-order valence-electron chi connectivity index (χ1n) is 7.02. The summed E-state index contributed by atoms with van der Waals surface area (Å²) in [6.07, 6.45) is 2.54. The van der Waals surface area contributed by atoms with Gasteiger partial charge in [0.05, 0.1) is 12.2 Å². The highest BCUT2D eigenvalue weighted by molar-refractivity contribution is 6.28. The van der Waals surface area contributed by atoms with Crippen molar-refractivity contribution >= 4 is 11.6 Å². The van der Waals surface area contributed by atoms with Crippen LogP contribution >= 0.6 is 11.6 Å². The van der Waals surface area contributed by atoms with Crippen molar-refractivity contribution in [2.75, 3.05) is 0 Å². The normalized spacial score (nSPS) is 15.2. The first-order valence-corrected chi connectivity index (χ1v) is 7.39. The number of halogens is 1. The van der Waals surface area contributed by atoms with Gasteiger partial charge in [0.25, 0.3) is 0 Å². The van der Waals surface area contributed by atoms with Crippen molar-refractivity contribution in [3.63, 3.8) is 0 Å². The number of rotatable bonds is 5. The van der Waals surface area contributed by atoms with E-state index in [0.717, 1.165) is 24.5 Å². The molecule has 2 heterocycles. The van der Waals surface area contributed by atoms with Gasteiger partial charge in [-0.05, 0) is 50.4 Å². The molecule has 1 aliphatic rings. The van der Waals surface area contributed by atoms with Crippen molar-refractivity contribution in [2.45, 2.75) is 45.8 Å². The van der Waals surface area contributed by atoms with Gasteiger partial charge in [0.2, 0.25) is 0 Å². The highest BCUT2D eigenvalue weighted by atomic mass is 35.5. The summed E-state index contributed by atoms with van der Waals surface area (Å²) in [7, 11) is 2.00. The molecule has 0 radical (unpaired) electrons. The molecule has 108 valence electrons. The molecule has 0 amide bonds. The lowest BCUT2D eigenvalue weighted by Gasteiger charge is -2.21. The molecule has 1 fully saturated rings. The predicted octanol–water partition coefficient (Wildman–Crippen LogP) is 3.45. The van der Waals surface area contributed by atoms with Crippen LogP contribution < -0.4 is 0 Å². The smallest absolute Gasteiger partial charge is 0.193 e. The lowest BCUT2D eigenvalue weighted by atomic mass is 10.2. The van der Waals surface area contributed by atoms with E-state index in [-0.39, 0.29) is 0 Å². The number of aryl methyl sites for hydroxylation is 2. The molecule has 2 aromatic rings. The van der Waals surface area contributed by atoms with Crippen molar-refractivity contribution in [3.05, 3.63) is 40.1 Å². The first-order chi connectivity index (χ1) is 9.54. The Bertz CT molecular complexity index is 613. The predicted molar refractivity (Wildman–Crippen MR) is 78.7 cm³/mol. The van der Waals surface area contributed by atoms with Crippen molar-refractivity contribution in [1.82, 2.24) is 14.7 Å². The molecule has 1 aliphatic carbocycles. The van der Waals surface area contributed by atoms with Gasteiger partial charge in [-0.1, -0.05) is 0 Å². The fourth-order valence-electron chi connectivity index (χ4n) is 2.64. The van der Waals surface area contributed by atoms with Gasteiger partial charge < -0.3 is 4.42 Å². The number of hydrogen-bond acceptors (Lipinski definition) is 3. The van der Waals surface area contributed by atoms with Crippen molar-refractivity contribution in [1.29, 1.82) is 0 Å². The minimum Gasteiger partial charge on any atom is -0.448 e.